The molecule has 5 unspecified atom stereocenters. The van der Waals surface area contributed by atoms with Crippen LogP contribution < -0.4 is 31.9 Å². The monoisotopic (exact) mass is 945 g/mol. The number of unbranched alkanes of at least 4 members (excludes halogenated alkanes) is 1. The summed E-state index contributed by atoms with van der Waals surface area (Å²) in [5.74, 6) is -3.06. The Labute approximate surface area is 389 Å². The highest BCUT2D eigenvalue weighted by Gasteiger charge is 2.28. The third-order valence-electron chi connectivity index (χ3n) is 11.0. The zero-order chi connectivity index (χ0) is 49.1. The molecule has 1 rings (SSSR count). The summed E-state index contributed by atoms with van der Waals surface area (Å²) in [5.41, 5.74) is 0. The normalized spacial score (nSPS) is 17.0. The van der Waals surface area contributed by atoms with Crippen molar-refractivity contribution in [1.82, 2.24) is 31.9 Å². The second kappa shape index (κ2) is 36.7. The van der Waals surface area contributed by atoms with Crippen LogP contribution in [0.15, 0.2) is 0 Å². The fraction of sp³-hybridized carbons (Fsp3) is 0.822. The second-order valence-corrected chi connectivity index (χ2v) is 17.3. The van der Waals surface area contributed by atoms with E-state index in [1.54, 1.807) is 6.92 Å². The van der Waals surface area contributed by atoms with Gasteiger partial charge in [-0.3, -0.25) is 33.6 Å². The first-order valence-corrected chi connectivity index (χ1v) is 23.6. The Morgan fingerprint density at radius 3 is 1.76 bits per heavy atom. The van der Waals surface area contributed by atoms with Crippen molar-refractivity contribution in [3.8, 4) is 0 Å². The maximum atomic E-state index is 12.9. The predicted molar refractivity (Wildman–Crippen MR) is 242 cm³/mol. The van der Waals surface area contributed by atoms with Crippen molar-refractivity contribution >= 4 is 47.4 Å². The Kier molecular flexibility index (Phi) is 33.1. The molecule has 0 aliphatic heterocycles. The molecule has 21 heteroatoms. The van der Waals surface area contributed by atoms with Crippen LogP contribution in [0.25, 0.3) is 0 Å². The number of carboxylic acids is 2. The number of hydrogen-bond acceptors (Lipinski definition) is 13. The van der Waals surface area contributed by atoms with E-state index in [1.165, 1.54) is 0 Å². The minimum atomic E-state index is -1.18. The number of carbonyl (C=O) groups excluding carboxylic acids is 6. The SMILES string of the molecule is CCC(O)CC(=O)NCCCCC(NC(=O)COCCOCCNC(=O)COCCOCCNC(=O)CCC(C)NC(=O)C1CCC(CNC(=O)CC(C)CC(C)CC(=O)O)CC1)C(=O)O. The Morgan fingerprint density at radius 1 is 0.591 bits per heavy atom. The maximum Gasteiger partial charge on any atom is 0.326 e. The van der Waals surface area contributed by atoms with Gasteiger partial charge in [0.2, 0.25) is 35.4 Å². The van der Waals surface area contributed by atoms with E-state index in [1.807, 2.05) is 20.8 Å². The summed E-state index contributed by atoms with van der Waals surface area (Å²) in [6.45, 7) is 9.49. The minimum Gasteiger partial charge on any atom is -0.481 e. The summed E-state index contributed by atoms with van der Waals surface area (Å²) in [4.78, 5) is 95.7. The van der Waals surface area contributed by atoms with Gasteiger partial charge in [-0.05, 0) is 88.9 Å². The number of aliphatic carboxylic acids is 2. The molecule has 380 valence electrons. The molecule has 0 radical (unpaired) electrons. The minimum absolute atomic E-state index is 0.0106. The summed E-state index contributed by atoms with van der Waals surface area (Å²) in [5, 5.41) is 44.4. The first kappa shape index (κ1) is 59.6. The van der Waals surface area contributed by atoms with Crippen molar-refractivity contribution in [2.24, 2.45) is 23.7 Å². The van der Waals surface area contributed by atoms with Crippen molar-refractivity contribution < 1.29 is 72.6 Å². The number of carboxylic acid groups (broad SMARTS) is 2. The Bertz CT molecular complexity index is 1450. The van der Waals surface area contributed by atoms with Crippen LogP contribution in [0.5, 0.6) is 0 Å². The van der Waals surface area contributed by atoms with Crippen LogP contribution in [0.2, 0.25) is 0 Å². The number of carbonyl (C=O) groups is 8. The molecule has 0 bridgehead atoms. The zero-order valence-electron chi connectivity index (χ0n) is 39.7. The lowest BCUT2D eigenvalue weighted by atomic mass is 9.81. The summed E-state index contributed by atoms with van der Waals surface area (Å²) < 4.78 is 21.4. The molecule has 1 aliphatic rings. The van der Waals surface area contributed by atoms with Gasteiger partial charge in [-0.25, -0.2) is 4.79 Å². The number of nitrogens with one attached hydrogen (secondary N) is 6. The van der Waals surface area contributed by atoms with E-state index in [-0.39, 0.29) is 138 Å². The van der Waals surface area contributed by atoms with Gasteiger partial charge in [0.05, 0.1) is 52.2 Å². The van der Waals surface area contributed by atoms with Crippen LogP contribution >= 0.6 is 0 Å². The Balaban J connectivity index is 1.99. The average molecular weight is 945 g/mol. The topological polar surface area (TPSA) is 306 Å². The molecule has 21 nitrogen and oxygen atoms in total. The van der Waals surface area contributed by atoms with E-state index in [0.717, 1.165) is 25.7 Å². The van der Waals surface area contributed by atoms with E-state index in [4.69, 9.17) is 24.1 Å². The number of amides is 6. The molecule has 1 aliphatic carbocycles. The predicted octanol–water partition coefficient (Wildman–Crippen LogP) is 1.04. The largest absolute Gasteiger partial charge is 0.481 e. The highest BCUT2D eigenvalue weighted by atomic mass is 16.5. The lowest BCUT2D eigenvalue weighted by molar-refractivity contribution is -0.143. The first-order valence-electron chi connectivity index (χ1n) is 23.6. The van der Waals surface area contributed by atoms with Crippen LogP contribution in [-0.2, 0) is 57.3 Å². The van der Waals surface area contributed by atoms with Crippen molar-refractivity contribution in [3.63, 3.8) is 0 Å². The molecule has 1 fully saturated rings. The van der Waals surface area contributed by atoms with Crippen LogP contribution in [0.1, 0.15) is 118 Å². The fourth-order valence-corrected chi connectivity index (χ4v) is 7.27. The van der Waals surface area contributed by atoms with E-state index in [9.17, 15) is 48.6 Å². The molecule has 5 atom stereocenters. The molecule has 6 amide bonds. The van der Waals surface area contributed by atoms with Crippen LogP contribution in [0.4, 0.5) is 0 Å². The molecule has 0 aromatic rings. The van der Waals surface area contributed by atoms with Crippen molar-refractivity contribution in [3.05, 3.63) is 0 Å². The molecule has 66 heavy (non-hydrogen) atoms. The van der Waals surface area contributed by atoms with Crippen molar-refractivity contribution in [1.29, 1.82) is 0 Å². The number of hydrogen-bond donors (Lipinski definition) is 9. The zero-order valence-corrected chi connectivity index (χ0v) is 39.7. The average Bonchev–Trinajstić information content (AvgIpc) is 3.25. The Morgan fingerprint density at radius 2 is 1.15 bits per heavy atom. The lowest BCUT2D eigenvalue weighted by Crippen LogP contribution is -2.42. The van der Waals surface area contributed by atoms with E-state index in [2.05, 4.69) is 31.9 Å². The third kappa shape index (κ3) is 32.3. The van der Waals surface area contributed by atoms with Gasteiger partial charge in [-0.2, -0.15) is 0 Å². The molecular weight excluding hydrogens is 865 g/mol. The van der Waals surface area contributed by atoms with Gasteiger partial charge < -0.3 is 66.2 Å². The van der Waals surface area contributed by atoms with E-state index >= 15 is 0 Å². The summed E-state index contributed by atoms with van der Waals surface area (Å²) in [6.07, 6.45) is 6.01. The lowest BCUT2D eigenvalue weighted by Gasteiger charge is -2.29. The highest BCUT2D eigenvalue weighted by Crippen LogP contribution is 2.29. The molecule has 0 spiro atoms. The van der Waals surface area contributed by atoms with Crippen LogP contribution in [0.3, 0.4) is 0 Å². The number of ether oxygens (including phenoxy) is 4. The van der Waals surface area contributed by atoms with Gasteiger partial charge >= 0.3 is 11.9 Å². The summed E-state index contributed by atoms with van der Waals surface area (Å²) in [6, 6.07) is -1.26. The number of aliphatic hydroxyl groups excluding tert-OH is 1. The second-order valence-electron chi connectivity index (χ2n) is 17.3. The molecule has 0 aromatic carbocycles. The summed E-state index contributed by atoms with van der Waals surface area (Å²) >= 11 is 0. The molecule has 0 heterocycles. The van der Waals surface area contributed by atoms with Crippen LogP contribution in [-0.4, -0.2) is 160 Å². The molecule has 0 saturated heterocycles. The first-order chi connectivity index (χ1) is 31.5. The van der Waals surface area contributed by atoms with E-state index < -0.39 is 30.0 Å². The quantitative estimate of drug-likeness (QED) is 0.0389. The van der Waals surface area contributed by atoms with Crippen molar-refractivity contribution in [2.45, 2.75) is 136 Å². The molecule has 1 saturated carbocycles. The van der Waals surface area contributed by atoms with Gasteiger partial charge in [0.15, 0.2) is 0 Å². The highest BCUT2D eigenvalue weighted by molar-refractivity contribution is 5.84. The van der Waals surface area contributed by atoms with Gasteiger partial charge in [-0.15, -0.1) is 0 Å². The molecule has 0 aromatic heterocycles. The van der Waals surface area contributed by atoms with Crippen molar-refractivity contribution in [2.75, 3.05) is 79.0 Å². The van der Waals surface area contributed by atoms with Gasteiger partial charge in [-0.1, -0.05) is 20.8 Å². The summed E-state index contributed by atoms with van der Waals surface area (Å²) in [7, 11) is 0. The van der Waals surface area contributed by atoms with E-state index in [0.29, 0.717) is 64.1 Å². The Hall–Kier alpha value is -4.44. The fourth-order valence-electron chi connectivity index (χ4n) is 7.27. The van der Waals surface area contributed by atoms with Gasteiger partial charge in [0.1, 0.15) is 19.3 Å². The number of rotatable bonds is 39. The van der Waals surface area contributed by atoms with Gasteiger partial charge in [0.25, 0.3) is 0 Å². The smallest absolute Gasteiger partial charge is 0.326 e. The third-order valence-corrected chi connectivity index (χ3v) is 11.0. The van der Waals surface area contributed by atoms with Gasteiger partial charge in [0, 0.05) is 57.4 Å². The maximum absolute atomic E-state index is 12.9. The van der Waals surface area contributed by atoms with Crippen LogP contribution in [0, 0.1) is 23.7 Å². The number of aliphatic hydroxyl groups is 1. The molecule has 9 N–H and O–H groups in total. The standard InChI is InChI=1S/C45H80N6O15/c1-5-36(52)27-40(55)46-15-7-6-8-37(45(61)62)51-42(57)30-66-23-21-64-19-17-48-41(56)29-65-22-20-63-18-16-47-38(53)14-9-33(4)50-44(60)35-12-10-34(11-13-35)28-49-39(54)25-31(2)24-32(3)26-43(58)59/h31-37,52H,5-30H2,1-4H3,(H,46,55)(H,47,53)(H,48,56)(H,49,54)(H,50,60)(H,51,57)(H,58,59)(H,61,62). The molecular formula is C45H80N6O15.